The maximum atomic E-state index is 12.7. The quantitative estimate of drug-likeness (QED) is 0.388. The van der Waals surface area contributed by atoms with E-state index in [0.29, 0.717) is 11.1 Å². The number of nitrogens with one attached hydrogen (secondary N) is 1. The summed E-state index contributed by atoms with van der Waals surface area (Å²) in [6.07, 6.45) is 3.02. The van der Waals surface area contributed by atoms with Crippen molar-refractivity contribution in [2.75, 3.05) is 7.11 Å². The number of nitrogens with zero attached hydrogens (tertiary/aromatic N) is 2. The van der Waals surface area contributed by atoms with E-state index in [1.54, 1.807) is 42.5 Å². The molecule has 2 N–H and O–H groups in total. The fourth-order valence-electron chi connectivity index (χ4n) is 3.07. The van der Waals surface area contributed by atoms with E-state index in [9.17, 15) is 23.0 Å². The van der Waals surface area contributed by atoms with Crippen LogP contribution in [0.2, 0.25) is 0 Å². The summed E-state index contributed by atoms with van der Waals surface area (Å²) in [5.41, 5.74) is 1.35. The number of methoxy groups -OCH3 is 1. The summed E-state index contributed by atoms with van der Waals surface area (Å²) in [5.74, 6) is 0. The van der Waals surface area contributed by atoms with Crippen LogP contribution in [0.25, 0.3) is 11.7 Å². The average Bonchev–Trinajstić information content (AvgIpc) is 2.90. The Kier molecular flexibility index (Phi) is 4.11. The van der Waals surface area contributed by atoms with Crippen molar-refractivity contribution in [3.63, 3.8) is 0 Å². The van der Waals surface area contributed by atoms with Crippen LogP contribution in [-0.2, 0) is 14.9 Å². The molecule has 2 heterocycles. The van der Waals surface area contributed by atoms with Gasteiger partial charge in [-0.15, -0.1) is 0 Å². The van der Waals surface area contributed by atoms with Gasteiger partial charge in [0.05, 0.1) is 17.0 Å². The number of aromatic amines is 1. The van der Waals surface area contributed by atoms with E-state index in [4.69, 9.17) is 4.74 Å². The summed E-state index contributed by atoms with van der Waals surface area (Å²) in [7, 11) is -3.25. The lowest BCUT2D eigenvalue weighted by Crippen LogP contribution is -2.37. The van der Waals surface area contributed by atoms with Crippen LogP contribution in [0.4, 0.5) is 0 Å². The van der Waals surface area contributed by atoms with Gasteiger partial charge in [0.1, 0.15) is 11.7 Å². The number of alkyl halides is 1. The standard InChI is InChI=1S/C15H14IN3O5S/c1-7-8(2)14(20)19-10-4-5-15(16,24-3)12(25(21,22)23)11(10)18-13(19)9(7)6-17/h4-5,12,18H,1-3H3,(H,21,22,23)/t12?,15-/m0/s1. The first kappa shape index (κ1) is 18.1. The van der Waals surface area contributed by atoms with Crippen molar-refractivity contribution in [3.8, 4) is 6.07 Å². The number of fused-ring (bicyclic) bond motifs is 3. The van der Waals surface area contributed by atoms with Crippen molar-refractivity contribution >= 4 is 44.4 Å². The third-order valence-electron chi connectivity index (χ3n) is 4.50. The van der Waals surface area contributed by atoms with E-state index < -0.39 is 19.0 Å². The summed E-state index contributed by atoms with van der Waals surface area (Å²) in [6.45, 7) is 3.26. The van der Waals surface area contributed by atoms with Crippen molar-refractivity contribution in [1.29, 1.82) is 5.26 Å². The van der Waals surface area contributed by atoms with Crippen LogP contribution < -0.4 is 5.56 Å². The van der Waals surface area contributed by atoms with E-state index in [-0.39, 0.29) is 28.2 Å². The predicted octanol–water partition coefficient (Wildman–Crippen LogP) is 1.85. The minimum Gasteiger partial charge on any atom is -0.362 e. The Morgan fingerprint density at radius 1 is 1.44 bits per heavy atom. The average molecular weight is 475 g/mol. The van der Waals surface area contributed by atoms with Crippen LogP contribution in [0, 0.1) is 25.2 Å². The van der Waals surface area contributed by atoms with Gasteiger partial charge in [0.15, 0.2) is 8.86 Å². The van der Waals surface area contributed by atoms with Crippen LogP contribution in [0.5, 0.6) is 0 Å². The highest BCUT2D eigenvalue weighted by Gasteiger charge is 2.48. The van der Waals surface area contributed by atoms with E-state index in [1.165, 1.54) is 17.6 Å². The van der Waals surface area contributed by atoms with Gasteiger partial charge in [0.25, 0.3) is 15.7 Å². The number of aromatic nitrogens is 2. The predicted molar refractivity (Wildman–Crippen MR) is 99.3 cm³/mol. The second kappa shape index (κ2) is 5.66. The monoisotopic (exact) mass is 475 g/mol. The number of nitriles is 1. The lowest BCUT2D eigenvalue weighted by Gasteiger charge is -2.32. The number of hydrogen-bond donors (Lipinski definition) is 2. The molecule has 2 aromatic heterocycles. The molecule has 10 heteroatoms. The highest BCUT2D eigenvalue weighted by atomic mass is 127. The zero-order valence-electron chi connectivity index (χ0n) is 13.5. The Labute approximate surface area is 157 Å². The third kappa shape index (κ3) is 2.45. The lowest BCUT2D eigenvalue weighted by molar-refractivity contribution is 0.118. The van der Waals surface area contributed by atoms with Crippen LogP contribution in [0.3, 0.4) is 0 Å². The Morgan fingerprint density at radius 3 is 2.60 bits per heavy atom. The van der Waals surface area contributed by atoms with Gasteiger partial charge in [-0.25, -0.2) is 0 Å². The smallest absolute Gasteiger partial charge is 0.277 e. The molecule has 0 bridgehead atoms. The van der Waals surface area contributed by atoms with Gasteiger partial charge in [0, 0.05) is 12.7 Å². The number of imidazole rings is 1. The fraction of sp³-hybridized carbons (Fsp3) is 0.333. The van der Waals surface area contributed by atoms with Gasteiger partial charge < -0.3 is 9.72 Å². The maximum Gasteiger partial charge on any atom is 0.277 e. The Morgan fingerprint density at radius 2 is 2.08 bits per heavy atom. The van der Waals surface area contributed by atoms with Crippen molar-refractivity contribution in [1.82, 2.24) is 9.38 Å². The number of hydrogen-bond acceptors (Lipinski definition) is 5. The van der Waals surface area contributed by atoms with Crippen LogP contribution in [0.1, 0.15) is 33.3 Å². The Bertz CT molecular complexity index is 1140. The first-order valence-corrected chi connectivity index (χ1v) is 9.72. The summed E-state index contributed by atoms with van der Waals surface area (Å²) in [5, 5.41) is 8.00. The van der Waals surface area contributed by atoms with Crippen LogP contribution >= 0.6 is 22.6 Å². The zero-order valence-corrected chi connectivity index (χ0v) is 16.5. The zero-order chi connectivity index (χ0) is 18.7. The van der Waals surface area contributed by atoms with E-state index in [2.05, 4.69) is 4.98 Å². The summed E-state index contributed by atoms with van der Waals surface area (Å²) >= 11 is 1.78. The molecule has 0 aromatic carbocycles. The Balaban J connectivity index is 2.54. The minimum atomic E-state index is -4.57. The first-order valence-electron chi connectivity index (χ1n) is 7.14. The second-order valence-corrected chi connectivity index (χ2v) is 8.97. The summed E-state index contributed by atoms with van der Waals surface area (Å²) in [4.78, 5) is 15.5. The molecule has 0 radical (unpaired) electrons. The normalized spacial score (nSPS) is 22.8. The SMILES string of the molecule is CO[C@@]1(I)C=Cc2c([nH]c3c(C#N)c(C)c(C)c(=O)n23)C1S(=O)(=O)O. The second-order valence-electron chi connectivity index (χ2n) is 5.78. The first-order chi connectivity index (χ1) is 11.6. The molecule has 3 rings (SSSR count). The molecule has 0 amide bonds. The van der Waals surface area contributed by atoms with Crippen LogP contribution in [-0.4, -0.2) is 33.1 Å². The van der Waals surface area contributed by atoms with E-state index >= 15 is 0 Å². The molecule has 0 spiro atoms. The molecule has 0 saturated heterocycles. The molecule has 0 fully saturated rings. The van der Waals surface area contributed by atoms with E-state index in [1.807, 2.05) is 6.07 Å². The highest BCUT2D eigenvalue weighted by Crippen LogP contribution is 2.46. The number of pyridine rings is 1. The molecular formula is C15H14IN3O5S. The number of ether oxygens (including phenoxy) is 1. The molecule has 0 saturated carbocycles. The van der Waals surface area contributed by atoms with Crippen molar-refractivity contribution in [2.45, 2.75) is 22.7 Å². The van der Waals surface area contributed by atoms with E-state index in [0.717, 1.165) is 0 Å². The minimum absolute atomic E-state index is 0.0971. The summed E-state index contributed by atoms with van der Waals surface area (Å²) < 4.78 is 39.0. The summed E-state index contributed by atoms with van der Waals surface area (Å²) in [6, 6.07) is 2.04. The van der Waals surface area contributed by atoms with Gasteiger partial charge in [0.2, 0.25) is 0 Å². The number of halogens is 1. The maximum absolute atomic E-state index is 12.7. The van der Waals surface area contributed by atoms with Gasteiger partial charge in [-0.3, -0.25) is 13.7 Å². The molecule has 1 aliphatic carbocycles. The van der Waals surface area contributed by atoms with Crippen molar-refractivity contribution in [3.05, 3.63) is 44.5 Å². The molecule has 2 atom stereocenters. The van der Waals surface area contributed by atoms with Gasteiger partial charge in [-0.2, -0.15) is 13.7 Å². The molecular weight excluding hydrogens is 461 g/mol. The largest absolute Gasteiger partial charge is 0.362 e. The molecule has 8 nitrogen and oxygen atoms in total. The van der Waals surface area contributed by atoms with Gasteiger partial charge >= 0.3 is 0 Å². The molecule has 2 aromatic rings. The molecule has 0 aliphatic heterocycles. The van der Waals surface area contributed by atoms with Gasteiger partial charge in [-0.1, -0.05) is 0 Å². The number of rotatable bonds is 2. The van der Waals surface area contributed by atoms with Crippen molar-refractivity contribution in [2.24, 2.45) is 0 Å². The lowest BCUT2D eigenvalue weighted by atomic mass is 10.0. The topological polar surface area (TPSA) is 125 Å². The van der Waals surface area contributed by atoms with Crippen LogP contribution in [0.15, 0.2) is 10.9 Å². The fourth-order valence-corrected chi connectivity index (χ4v) is 5.59. The third-order valence-corrected chi connectivity index (χ3v) is 7.53. The van der Waals surface area contributed by atoms with Gasteiger partial charge in [-0.05, 0) is 54.2 Å². The molecule has 25 heavy (non-hydrogen) atoms. The molecule has 132 valence electrons. The molecule has 1 aliphatic rings. The number of H-pyrrole nitrogens is 1. The Hall–Kier alpha value is -1.68. The highest BCUT2D eigenvalue weighted by molar-refractivity contribution is 14.1. The van der Waals surface area contributed by atoms with Crippen molar-refractivity contribution < 1.29 is 17.7 Å². The molecule has 1 unspecified atom stereocenters.